The van der Waals surface area contributed by atoms with Crippen LogP contribution in [-0.4, -0.2) is 23.8 Å². The van der Waals surface area contributed by atoms with Crippen molar-refractivity contribution in [2.24, 2.45) is 0 Å². The van der Waals surface area contributed by atoms with Gasteiger partial charge in [-0.3, -0.25) is 0 Å². The van der Waals surface area contributed by atoms with Crippen molar-refractivity contribution in [2.45, 2.75) is 51.0 Å². The van der Waals surface area contributed by atoms with Crippen molar-refractivity contribution in [3.05, 3.63) is 33.9 Å². The molecule has 0 amide bonds. The minimum Gasteiger partial charge on any atom is -0.475 e. The zero-order chi connectivity index (χ0) is 19.2. The van der Waals surface area contributed by atoms with Gasteiger partial charge in [-0.05, 0) is 36.1 Å². The van der Waals surface area contributed by atoms with E-state index < -0.39 is 29.4 Å². The summed E-state index contributed by atoms with van der Waals surface area (Å²) in [5.41, 5.74) is -1.22. The molecule has 0 saturated heterocycles. The second kappa shape index (κ2) is 6.72. The Morgan fingerprint density at radius 2 is 1.88 bits per heavy atom. The van der Waals surface area contributed by atoms with E-state index in [4.69, 9.17) is 27.9 Å². The molecule has 0 aliphatic carbocycles. The molecule has 2 atom stereocenters. The van der Waals surface area contributed by atoms with Gasteiger partial charge in [-0.25, -0.2) is 4.79 Å². The van der Waals surface area contributed by atoms with Crippen LogP contribution < -0.4 is 4.74 Å². The number of carbonyl (C=O) groups excluding carboxylic acids is 1. The van der Waals surface area contributed by atoms with E-state index in [2.05, 4.69) is 4.74 Å². The van der Waals surface area contributed by atoms with E-state index >= 15 is 0 Å². The average molecular weight is 397 g/mol. The van der Waals surface area contributed by atoms with E-state index in [9.17, 15) is 18.0 Å². The first-order chi connectivity index (χ1) is 11.3. The Labute approximate surface area is 153 Å². The number of carbonyl (C=O) groups is 1. The second-order valence-electron chi connectivity index (χ2n) is 6.71. The summed E-state index contributed by atoms with van der Waals surface area (Å²) in [5, 5.41) is 0.370. The fraction of sp³-hybridized carbons (Fsp3) is 0.471. The van der Waals surface area contributed by atoms with Crippen molar-refractivity contribution in [1.82, 2.24) is 0 Å². The first-order valence-electron chi connectivity index (χ1n) is 7.44. The van der Waals surface area contributed by atoms with E-state index in [-0.39, 0.29) is 16.7 Å². The zero-order valence-corrected chi connectivity index (χ0v) is 15.5. The Balaban J connectivity index is 2.57. The molecule has 3 nitrogen and oxygen atoms in total. The molecule has 0 bridgehead atoms. The third kappa shape index (κ3) is 4.42. The molecule has 2 rings (SSSR count). The van der Waals surface area contributed by atoms with Crippen LogP contribution in [0.3, 0.4) is 0 Å². The standard InChI is InChI=1S/C17H17Cl2F3O3/c1-8(18)24-15(23)10-5-9-6-12(19)11(16(2,3)4)7-13(9)25-14(10)17(20,21)22/h5-8,14H,1-4H3. The Morgan fingerprint density at radius 1 is 1.28 bits per heavy atom. The van der Waals surface area contributed by atoms with Gasteiger partial charge >= 0.3 is 12.1 Å². The van der Waals surface area contributed by atoms with Crippen LogP contribution in [0.4, 0.5) is 13.2 Å². The van der Waals surface area contributed by atoms with Crippen LogP contribution in [0.5, 0.6) is 5.75 Å². The van der Waals surface area contributed by atoms with Gasteiger partial charge in [-0.2, -0.15) is 13.2 Å². The number of benzene rings is 1. The quantitative estimate of drug-likeness (QED) is 0.490. The summed E-state index contributed by atoms with van der Waals surface area (Å²) in [6.45, 7) is 6.97. The predicted molar refractivity (Wildman–Crippen MR) is 90.0 cm³/mol. The highest BCUT2D eigenvalue weighted by atomic mass is 35.5. The molecule has 0 N–H and O–H groups in total. The van der Waals surface area contributed by atoms with Crippen molar-refractivity contribution in [1.29, 1.82) is 0 Å². The Bertz CT molecular complexity index is 719. The van der Waals surface area contributed by atoms with Crippen LogP contribution in [0.1, 0.15) is 38.8 Å². The fourth-order valence-electron chi connectivity index (χ4n) is 2.42. The number of fused-ring (bicyclic) bond motifs is 1. The van der Waals surface area contributed by atoms with E-state index in [0.717, 1.165) is 6.08 Å². The highest BCUT2D eigenvalue weighted by Crippen LogP contribution is 2.42. The highest BCUT2D eigenvalue weighted by molar-refractivity contribution is 6.31. The number of alkyl halides is 4. The summed E-state index contributed by atoms with van der Waals surface area (Å²) >= 11 is 11.8. The monoisotopic (exact) mass is 396 g/mol. The zero-order valence-electron chi connectivity index (χ0n) is 14.0. The largest absolute Gasteiger partial charge is 0.475 e. The van der Waals surface area contributed by atoms with Crippen molar-refractivity contribution in [3.63, 3.8) is 0 Å². The molecule has 8 heteroatoms. The molecule has 1 aromatic carbocycles. The molecule has 0 radical (unpaired) electrons. The maximum Gasteiger partial charge on any atom is 0.430 e. The second-order valence-corrected chi connectivity index (χ2v) is 7.73. The summed E-state index contributed by atoms with van der Waals surface area (Å²) in [6.07, 6.45) is -6.15. The molecule has 138 valence electrons. The van der Waals surface area contributed by atoms with E-state index in [1.807, 2.05) is 20.8 Å². The lowest BCUT2D eigenvalue weighted by Crippen LogP contribution is -2.41. The van der Waals surface area contributed by atoms with Crippen LogP contribution in [0, 0.1) is 0 Å². The molecule has 0 spiro atoms. The Morgan fingerprint density at radius 3 is 2.36 bits per heavy atom. The third-order valence-electron chi connectivity index (χ3n) is 3.55. The third-order valence-corrected chi connectivity index (χ3v) is 3.95. The number of ether oxygens (including phenoxy) is 2. The normalized spacial score (nSPS) is 18.8. The summed E-state index contributed by atoms with van der Waals surface area (Å²) < 4.78 is 49.9. The summed E-state index contributed by atoms with van der Waals surface area (Å²) in [7, 11) is 0. The minimum atomic E-state index is -4.79. The lowest BCUT2D eigenvalue weighted by atomic mass is 9.85. The van der Waals surface area contributed by atoms with Gasteiger partial charge in [0, 0.05) is 10.6 Å². The molecule has 1 aliphatic heterocycles. The Kier molecular flexibility index (Phi) is 5.36. The van der Waals surface area contributed by atoms with Crippen LogP contribution >= 0.6 is 23.2 Å². The summed E-state index contributed by atoms with van der Waals surface area (Å²) in [5.74, 6) is -1.18. The minimum absolute atomic E-state index is 0.00659. The predicted octanol–water partition coefficient (Wildman–Crippen LogP) is 5.47. The first-order valence-corrected chi connectivity index (χ1v) is 8.26. The van der Waals surface area contributed by atoms with E-state index in [0.29, 0.717) is 10.6 Å². The topological polar surface area (TPSA) is 35.5 Å². The van der Waals surface area contributed by atoms with Crippen LogP contribution in [0.25, 0.3) is 6.08 Å². The van der Waals surface area contributed by atoms with Crippen molar-refractivity contribution < 1.29 is 27.4 Å². The number of halogens is 5. The van der Waals surface area contributed by atoms with Crippen LogP contribution in [0.2, 0.25) is 5.02 Å². The molecule has 0 fully saturated rings. The van der Waals surface area contributed by atoms with Gasteiger partial charge in [0.25, 0.3) is 0 Å². The molecule has 1 aliphatic rings. The van der Waals surface area contributed by atoms with Gasteiger partial charge in [-0.15, -0.1) is 0 Å². The van der Waals surface area contributed by atoms with E-state index in [1.54, 1.807) is 0 Å². The number of rotatable bonds is 2. The molecule has 0 saturated carbocycles. The lowest BCUT2D eigenvalue weighted by molar-refractivity contribution is -0.188. The highest BCUT2D eigenvalue weighted by Gasteiger charge is 2.49. The fourth-order valence-corrected chi connectivity index (χ4v) is 2.95. The average Bonchev–Trinajstić information content (AvgIpc) is 2.42. The maximum absolute atomic E-state index is 13.4. The molecule has 1 heterocycles. The van der Waals surface area contributed by atoms with Crippen LogP contribution in [0.15, 0.2) is 17.7 Å². The maximum atomic E-state index is 13.4. The molecule has 2 unspecified atom stereocenters. The first kappa shape index (κ1) is 19.9. The van der Waals surface area contributed by atoms with Gasteiger partial charge in [0.15, 0.2) is 5.56 Å². The van der Waals surface area contributed by atoms with E-state index in [1.165, 1.54) is 19.1 Å². The number of esters is 1. The SMILES string of the molecule is CC(Cl)OC(=O)C1=Cc2cc(Cl)c(C(C)(C)C)cc2OC1C(F)(F)F. The molecule has 25 heavy (non-hydrogen) atoms. The number of hydrogen-bond donors (Lipinski definition) is 0. The molecular weight excluding hydrogens is 380 g/mol. The Hall–Kier alpha value is -1.40. The lowest BCUT2D eigenvalue weighted by Gasteiger charge is -2.30. The van der Waals surface area contributed by atoms with Gasteiger partial charge in [0.05, 0.1) is 5.57 Å². The van der Waals surface area contributed by atoms with Crippen molar-refractivity contribution >= 4 is 35.2 Å². The number of hydrogen-bond acceptors (Lipinski definition) is 3. The van der Waals surface area contributed by atoms with Gasteiger partial charge in [0.1, 0.15) is 5.75 Å². The van der Waals surface area contributed by atoms with Gasteiger partial charge < -0.3 is 9.47 Å². The van der Waals surface area contributed by atoms with Gasteiger partial charge in [0.2, 0.25) is 6.10 Å². The van der Waals surface area contributed by atoms with Gasteiger partial charge in [-0.1, -0.05) is 44.0 Å². The van der Waals surface area contributed by atoms with Crippen molar-refractivity contribution in [2.75, 3.05) is 0 Å². The molecular formula is C17H17Cl2F3O3. The molecule has 1 aromatic rings. The molecule has 0 aromatic heterocycles. The summed E-state index contributed by atoms with van der Waals surface area (Å²) in [6, 6.07) is 2.95. The van der Waals surface area contributed by atoms with Crippen molar-refractivity contribution in [3.8, 4) is 5.75 Å². The smallest absolute Gasteiger partial charge is 0.430 e. The summed E-state index contributed by atoms with van der Waals surface area (Å²) in [4.78, 5) is 12.0. The van der Waals surface area contributed by atoms with Crippen LogP contribution in [-0.2, 0) is 14.9 Å².